The molecule has 4 heteroatoms. The van der Waals surface area contributed by atoms with E-state index in [1.54, 1.807) is 0 Å². The van der Waals surface area contributed by atoms with Gasteiger partial charge in [0.2, 0.25) is 0 Å². The van der Waals surface area contributed by atoms with Crippen molar-refractivity contribution in [2.24, 2.45) is 17.8 Å². The number of ether oxygens (including phenoxy) is 2. The summed E-state index contributed by atoms with van der Waals surface area (Å²) in [6.45, 7) is 11.9. The summed E-state index contributed by atoms with van der Waals surface area (Å²) in [4.78, 5) is 23.8. The molecule has 0 aliphatic carbocycles. The fourth-order valence-electron chi connectivity index (χ4n) is 4.99. The lowest BCUT2D eigenvalue weighted by molar-refractivity contribution is -0.149. The van der Waals surface area contributed by atoms with Crippen LogP contribution < -0.4 is 0 Å². The largest absolute Gasteiger partial charge is 0.465 e. The van der Waals surface area contributed by atoms with Crippen LogP contribution in [0.2, 0.25) is 0 Å². The number of carbonyl (C=O) groups is 2. The molecule has 2 unspecified atom stereocenters. The Labute approximate surface area is 237 Å². The van der Waals surface area contributed by atoms with Gasteiger partial charge >= 0.3 is 11.9 Å². The first-order chi connectivity index (χ1) is 18.4. The molecule has 0 saturated heterocycles. The molecule has 38 heavy (non-hydrogen) atoms. The van der Waals surface area contributed by atoms with E-state index < -0.39 is 0 Å². The maximum absolute atomic E-state index is 11.9. The molecule has 4 nitrogen and oxygen atoms in total. The zero-order chi connectivity index (χ0) is 28.3. The van der Waals surface area contributed by atoms with Gasteiger partial charge < -0.3 is 9.47 Å². The molecule has 0 rings (SSSR count). The molecule has 0 amide bonds. The number of hydrogen-bond donors (Lipinski definition) is 0. The van der Waals surface area contributed by atoms with Crippen molar-refractivity contribution in [2.45, 2.75) is 176 Å². The van der Waals surface area contributed by atoms with Crippen molar-refractivity contribution in [1.82, 2.24) is 0 Å². The average molecular weight is 539 g/mol. The molecule has 0 heterocycles. The summed E-state index contributed by atoms with van der Waals surface area (Å²) in [6, 6.07) is 0. The molecular formula is C34H66O4. The van der Waals surface area contributed by atoms with E-state index in [0.29, 0.717) is 13.2 Å². The predicted molar refractivity (Wildman–Crippen MR) is 162 cm³/mol. The topological polar surface area (TPSA) is 52.6 Å². The van der Waals surface area contributed by atoms with Gasteiger partial charge in [0.05, 0.1) is 25.0 Å². The molecular weight excluding hydrogens is 472 g/mol. The molecule has 0 spiro atoms. The number of esters is 2. The maximum Gasteiger partial charge on any atom is 0.308 e. The summed E-state index contributed by atoms with van der Waals surface area (Å²) in [5.74, 6) is 0.959. The highest BCUT2D eigenvalue weighted by atomic mass is 16.5. The van der Waals surface area contributed by atoms with Crippen LogP contribution in [0.25, 0.3) is 0 Å². The van der Waals surface area contributed by atoms with E-state index in [-0.39, 0.29) is 23.8 Å². The molecule has 0 saturated carbocycles. The van der Waals surface area contributed by atoms with Gasteiger partial charge in [-0.15, -0.1) is 0 Å². The van der Waals surface area contributed by atoms with Crippen LogP contribution in [-0.2, 0) is 19.1 Å². The summed E-state index contributed by atoms with van der Waals surface area (Å²) >= 11 is 0. The summed E-state index contributed by atoms with van der Waals surface area (Å²) in [6.07, 6.45) is 26.9. The first-order valence-electron chi connectivity index (χ1n) is 16.8. The summed E-state index contributed by atoms with van der Waals surface area (Å²) in [7, 11) is 0. The number of carbonyl (C=O) groups excluding carboxylic acids is 2. The molecule has 0 aromatic rings. The average Bonchev–Trinajstić information content (AvgIpc) is 2.91. The molecule has 0 aliphatic rings. The van der Waals surface area contributed by atoms with Crippen LogP contribution in [0.3, 0.4) is 0 Å². The van der Waals surface area contributed by atoms with Crippen molar-refractivity contribution in [3.05, 3.63) is 0 Å². The van der Waals surface area contributed by atoms with E-state index in [2.05, 4.69) is 20.8 Å². The minimum absolute atomic E-state index is 0.00779. The minimum Gasteiger partial charge on any atom is -0.465 e. The smallest absolute Gasteiger partial charge is 0.308 e. The SMILES string of the molecule is CCCCC(C)C(=O)OCCCCCCCCCC(C)CCCCCCCCCOC(=O)C(C)CCCC. The summed E-state index contributed by atoms with van der Waals surface area (Å²) in [5.41, 5.74) is 0. The third-order valence-corrected chi connectivity index (χ3v) is 7.96. The van der Waals surface area contributed by atoms with Crippen LogP contribution in [0, 0.1) is 17.8 Å². The first-order valence-corrected chi connectivity index (χ1v) is 16.8. The van der Waals surface area contributed by atoms with Gasteiger partial charge in [-0.2, -0.15) is 0 Å². The first kappa shape index (κ1) is 36.9. The van der Waals surface area contributed by atoms with Gasteiger partial charge in [0.15, 0.2) is 0 Å². The van der Waals surface area contributed by atoms with E-state index in [0.717, 1.165) is 57.3 Å². The maximum atomic E-state index is 11.9. The zero-order valence-electron chi connectivity index (χ0n) is 26.3. The van der Waals surface area contributed by atoms with E-state index >= 15 is 0 Å². The molecule has 2 atom stereocenters. The predicted octanol–water partition coefficient (Wildman–Crippen LogP) is 10.6. The van der Waals surface area contributed by atoms with Crippen LogP contribution >= 0.6 is 0 Å². The third kappa shape index (κ3) is 24.0. The number of rotatable bonds is 28. The van der Waals surface area contributed by atoms with Crippen LogP contribution in [0.15, 0.2) is 0 Å². The second kappa shape index (κ2) is 27.5. The van der Waals surface area contributed by atoms with Gasteiger partial charge in [-0.25, -0.2) is 0 Å². The van der Waals surface area contributed by atoms with Crippen LogP contribution in [0.4, 0.5) is 0 Å². The second-order valence-electron chi connectivity index (χ2n) is 12.1. The molecule has 0 aromatic heterocycles. The Hall–Kier alpha value is -1.06. The van der Waals surface area contributed by atoms with E-state index in [9.17, 15) is 9.59 Å². The van der Waals surface area contributed by atoms with Gasteiger partial charge in [0, 0.05) is 0 Å². The van der Waals surface area contributed by atoms with Gasteiger partial charge in [-0.3, -0.25) is 9.59 Å². The molecule has 0 bridgehead atoms. The van der Waals surface area contributed by atoms with Gasteiger partial charge in [-0.1, -0.05) is 150 Å². The molecule has 0 radical (unpaired) electrons. The quantitative estimate of drug-likeness (QED) is 0.0734. The number of unbranched alkanes of at least 4 members (excludes halogenated alkanes) is 14. The van der Waals surface area contributed by atoms with Gasteiger partial charge in [0.25, 0.3) is 0 Å². The summed E-state index contributed by atoms with van der Waals surface area (Å²) in [5, 5.41) is 0. The Kier molecular flexibility index (Phi) is 26.7. The molecule has 0 fully saturated rings. The highest BCUT2D eigenvalue weighted by Crippen LogP contribution is 2.19. The van der Waals surface area contributed by atoms with Crippen molar-refractivity contribution in [3.8, 4) is 0 Å². The van der Waals surface area contributed by atoms with Crippen molar-refractivity contribution < 1.29 is 19.1 Å². The Morgan fingerprint density at radius 3 is 1.11 bits per heavy atom. The Morgan fingerprint density at radius 1 is 0.447 bits per heavy atom. The van der Waals surface area contributed by atoms with Crippen molar-refractivity contribution in [3.63, 3.8) is 0 Å². The van der Waals surface area contributed by atoms with E-state index in [1.165, 1.54) is 89.9 Å². The highest BCUT2D eigenvalue weighted by Gasteiger charge is 2.14. The van der Waals surface area contributed by atoms with Crippen LogP contribution in [0.5, 0.6) is 0 Å². The normalized spacial score (nSPS) is 13.7. The van der Waals surface area contributed by atoms with Crippen LogP contribution in [0.1, 0.15) is 176 Å². The zero-order valence-corrected chi connectivity index (χ0v) is 26.3. The van der Waals surface area contributed by atoms with Crippen LogP contribution in [-0.4, -0.2) is 25.2 Å². The lowest BCUT2D eigenvalue weighted by Gasteiger charge is -2.12. The van der Waals surface area contributed by atoms with Gasteiger partial charge in [0.1, 0.15) is 0 Å². The van der Waals surface area contributed by atoms with Crippen molar-refractivity contribution in [2.75, 3.05) is 13.2 Å². The minimum atomic E-state index is -0.00779. The van der Waals surface area contributed by atoms with E-state index in [4.69, 9.17) is 9.47 Å². The Bertz CT molecular complexity index is 487. The standard InChI is InChI=1S/C34H66O4/c1-6-8-26-31(4)33(35)37-28-22-18-14-10-12-16-20-24-30(3)25-21-17-13-11-15-19-23-29-38-34(36)32(5)27-9-7-2/h30-32H,6-29H2,1-5H3. The van der Waals surface area contributed by atoms with E-state index in [1.807, 2.05) is 13.8 Å². The lowest BCUT2D eigenvalue weighted by Crippen LogP contribution is -2.15. The summed E-state index contributed by atoms with van der Waals surface area (Å²) < 4.78 is 10.8. The second-order valence-corrected chi connectivity index (χ2v) is 12.1. The lowest BCUT2D eigenvalue weighted by atomic mass is 9.96. The highest BCUT2D eigenvalue weighted by molar-refractivity contribution is 5.72. The van der Waals surface area contributed by atoms with Crippen molar-refractivity contribution in [1.29, 1.82) is 0 Å². The fourth-order valence-corrected chi connectivity index (χ4v) is 4.99. The van der Waals surface area contributed by atoms with Gasteiger partial charge in [-0.05, 0) is 31.6 Å². The molecule has 0 aliphatic heterocycles. The number of hydrogen-bond acceptors (Lipinski definition) is 4. The van der Waals surface area contributed by atoms with Crippen molar-refractivity contribution >= 4 is 11.9 Å². The molecule has 0 N–H and O–H groups in total. The third-order valence-electron chi connectivity index (χ3n) is 7.96. The molecule has 0 aromatic carbocycles. The Morgan fingerprint density at radius 2 is 0.763 bits per heavy atom. The monoisotopic (exact) mass is 538 g/mol. The fraction of sp³-hybridized carbons (Fsp3) is 0.941. The molecule has 226 valence electrons. The Balaban J connectivity index is 3.36.